The molecular weight excluding hydrogens is 827 g/mol. The number of carboxylic acids is 1. The SMILES string of the molecule is CCCCCC(=O)Nc1cccc(CN(Cc2cc(CN(Cc3cccc(NC(=O)CCCCC)n3)Cc3ncc[nH]3)cc(OCCCCNC(=O)CCC(=O)O)c2)Cc2ncc[nH]2)n1. The van der Waals surface area contributed by atoms with Crippen molar-refractivity contribution in [2.24, 2.45) is 0 Å². The lowest BCUT2D eigenvalue weighted by Crippen LogP contribution is -2.25. The number of carbonyl (C=O) groups is 4. The molecular formula is C48H65N11O6. The summed E-state index contributed by atoms with van der Waals surface area (Å²) in [6.45, 7) is 8.03. The topological polar surface area (TPSA) is 223 Å². The number of benzene rings is 1. The molecule has 5 aromatic rings. The van der Waals surface area contributed by atoms with Gasteiger partial charge in [-0.3, -0.25) is 29.0 Å². The second kappa shape index (κ2) is 27.7. The van der Waals surface area contributed by atoms with Crippen molar-refractivity contribution in [2.75, 3.05) is 23.8 Å². The molecule has 4 heterocycles. The highest BCUT2D eigenvalue weighted by atomic mass is 16.5. The minimum absolute atomic E-state index is 0.0467. The molecule has 6 N–H and O–H groups in total. The van der Waals surface area contributed by atoms with Crippen molar-refractivity contribution in [3.05, 3.63) is 114 Å². The monoisotopic (exact) mass is 892 g/mol. The molecule has 0 aliphatic carbocycles. The fourth-order valence-electron chi connectivity index (χ4n) is 7.21. The van der Waals surface area contributed by atoms with E-state index < -0.39 is 5.97 Å². The van der Waals surface area contributed by atoms with Crippen LogP contribution >= 0.6 is 0 Å². The molecule has 4 aromatic heterocycles. The number of hydrogen-bond donors (Lipinski definition) is 6. The quantitative estimate of drug-likeness (QED) is 0.0238. The van der Waals surface area contributed by atoms with Crippen LogP contribution in [0.4, 0.5) is 11.6 Å². The van der Waals surface area contributed by atoms with Crippen molar-refractivity contribution in [1.82, 2.24) is 45.0 Å². The molecule has 3 amide bonds. The summed E-state index contributed by atoms with van der Waals surface area (Å²) in [6, 6.07) is 17.6. The van der Waals surface area contributed by atoms with Crippen LogP contribution in [0.3, 0.4) is 0 Å². The summed E-state index contributed by atoms with van der Waals surface area (Å²) < 4.78 is 6.39. The zero-order valence-corrected chi connectivity index (χ0v) is 37.8. The predicted molar refractivity (Wildman–Crippen MR) is 248 cm³/mol. The number of H-pyrrole nitrogens is 2. The first-order valence-corrected chi connectivity index (χ1v) is 22.8. The van der Waals surface area contributed by atoms with Crippen LogP contribution in [0, 0.1) is 0 Å². The van der Waals surface area contributed by atoms with Crippen LogP contribution in [0.2, 0.25) is 0 Å². The molecule has 17 heteroatoms. The summed E-state index contributed by atoms with van der Waals surface area (Å²) >= 11 is 0. The van der Waals surface area contributed by atoms with Gasteiger partial charge in [-0.05, 0) is 73.2 Å². The van der Waals surface area contributed by atoms with Crippen LogP contribution in [0.5, 0.6) is 5.75 Å². The first-order valence-electron chi connectivity index (χ1n) is 22.8. The van der Waals surface area contributed by atoms with Crippen molar-refractivity contribution < 1.29 is 29.0 Å². The van der Waals surface area contributed by atoms with Crippen molar-refractivity contribution in [2.45, 2.75) is 130 Å². The number of unbranched alkanes of at least 4 members (excludes halogenated alkanes) is 5. The molecule has 0 atom stereocenters. The maximum Gasteiger partial charge on any atom is 0.303 e. The van der Waals surface area contributed by atoms with Crippen LogP contribution in [0.25, 0.3) is 0 Å². The van der Waals surface area contributed by atoms with Gasteiger partial charge < -0.3 is 35.8 Å². The Balaban J connectivity index is 1.36. The predicted octanol–water partition coefficient (Wildman–Crippen LogP) is 7.51. The third-order valence-corrected chi connectivity index (χ3v) is 10.4. The van der Waals surface area contributed by atoms with Gasteiger partial charge in [0, 0.05) is 76.8 Å². The number of carboxylic acid groups (broad SMARTS) is 1. The maximum absolute atomic E-state index is 12.6. The lowest BCUT2D eigenvalue weighted by Gasteiger charge is -2.24. The smallest absolute Gasteiger partial charge is 0.303 e. The van der Waals surface area contributed by atoms with E-state index in [1.165, 1.54) is 0 Å². The van der Waals surface area contributed by atoms with Crippen molar-refractivity contribution in [1.29, 1.82) is 0 Å². The largest absolute Gasteiger partial charge is 0.494 e. The van der Waals surface area contributed by atoms with Crippen LogP contribution in [-0.4, -0.2) is 81.7 Å². The Hall–Kier alpha value is -6.46. The molecule has 65 heavy (non-hydrogen) atoms. The van der Waals surface area contributed by atoms with E-state index in [-0.39, 0.29) is 30.6 Å². The Morgan fingerprint density at radius 3 is 1.63 bits per heavy atom. The molecule has 0 unspecified atom stereocenters. The van der Waals surface area contributed by atoms with E-state index in [2.05, 4.69) is 65.6 Å². The van der Waals surface area contributed by atoms with Gasteiger partial charge in [0.25, 0.3) is 0 Å². The average Bonchev–Trinajstić information content (AvgIpc) is 3.99. The van der Waals surface area contributed by atoms with Gasteiger partial charge in [0.1, 0.15) is 29.0 Å². The molecule has 5 rings (SSSR count). The van der Waals surface area contributed by atoms with Gasteiger partial charge in [-0.15, -0.1) is 0 Å². The molecule has 17 nitrogen and oxygen atoms in total. The highest BCUT2D eigenvalue weighted by molar-refractivity contribution is 5.90. The lowest BCUT2D eigenvalue weighted by atomic mass is 10.1. The Bertz CT molecular complexity index is 2070. The molecule has 1 aromatic carbocycles. The van der Waals surface area contributed by atoms with Crippen LogP contribution in [0.1, 0.15) is 125 Å². The van der Waals surface area contributed by atoms with Gasteiger partial charge in [-0.2, -0.15) is 0 Å². The van der Waals surface area contributed by atoms with E-state index in [0.29, 0.717) is 95.5 Å². The molecule has 0 spiro atoms. The van der Waals surface area contributed by atoms with Gasteiger partial charge >= 0.3 is 5.97 Å². The van der Waals surface area contributed by atoms with Gasteiger partial charge in [-0.1, -0.05) is 57.7 Å². The fraction of sp³-hybridized carbons (Fsp3) is 0.458. The van der Waals surface area contributed by atoms with E-state index in [4.69, 9.17) is 19.8 Å². The van der Waals surface area contributed by atoms with E-state index >= 15 is 0 Å². The third-order valence-electron chi connectivity index (χ3n) is 10.4. The Kier molecular flexibility index (Phi) is 21.1. The number of carbonyl (C=O) groups excluding carboxylic acids is 3. The molecule has 0 saturated heterocycles. The molecule has 0 aliphatic rings. The second-order valence-corrected chi connectivity index (χ2v) is 16.2. The minimum Gasteiger partial charge on any atom is -0.494 e. The number of hydrogen-bond acceptors (Lipinski definition) is 11. The van der Waals surface area contributed by atoms with Crippen molar-refractivity contribution >= 4 is 35.3 Å². The molecule has 0 bridgehead atoms. The summed E-state index contributed by atoms with van der Waals surface area (Å²) in [4.78, 5) is 77.7. The van der Waals surface area contributed by atoms with Crippen LogP contribution in [-0.2, 0) is 58.4 Å². The number of ether oxygens (including phenoxy) is 1. The first-order chi connectivity index (χ1) is 31.6. The van der Waals surface area contributed by atoms with E-state index in [1.54, 1.807) is 24.8 Å². The lowest BCUT2D eigenvalue weighted by molar-refractivity contribution is -0.138. The molecule has 0 radical (unpaired) electrons. The van der Waals surface area contributed by atoms with Gasteiger partial charge in [0.05, 0.1) is 37.5 Å². The highest BCUT2D eigenvalue weighted by Gasteiger charge is 2.17. The summed E-state index contributed by atoms with van der Waals surface area (Å²) in [5, 5.41) is 17.6. The van der Waals surface area contributed by atoms with E-state index in [0.717, 1.165) is 72.7 Å². The Morgan fingerprint density at radius 2 is 1.15 bits per heavy atom. The Labute approximate surface area is 381 Å². The third kappa shape index (κ3) is 19.4. The number of amides is 3. The number of nitrogens with zero attached hydrogens (tertiary/aromatic N) is 6. The minimum atomic E-state index is -1.00. The van der Waals surface area contributed by atoms with Crippen LogP contribution in [0.15, 0.2) is 79.4 Å². The summed E-state index contributed by atoms with van der Waals surface area (Å²) in [7, 11) is 0. The zero-order valence-electron chi connectivity index (χ0n) is 37.8. The number of pyridine rings is 2. The maximum atomic E-state index is 12.6. The number of aromatic nitrogens is 6. The number of rotatable bonds is 31. The van der Waals surface area contributed by atoms with Crippen molar-refractivity contribution in [3.8, 4) is 5.75 Å². The van der Waals surface area contributed by atoms with E-state index in [1.807, 2.05) is 48.5 Å². The average molecular weight is 892 g/mol. The summed E-state index contributed by atoms with van der Waals surface area (Å²) in [5.41, 5.74) is 3.59. The highest BCUT2D eigenvalue weighted by Crippen LogP contribution is 2.24. The number of aromatic amines is 2. The zero-order chi connectivity index (χ0) is 46.1. The summed E-state index contributed by atoms with van der Waals surface area (Å²) in [6.07, 6.45) is 14.8. The van der Waals surface area contributed by atoms with Crippen LogP contribution < -0.4 is 20.7 Å². The van der Waals surface area contributed by atoms with Gasteiger partial charge in [0.15, 0.2) is 0 Å². The molecule has 0 saturated carbocycles. The Morgan fingerprint density at radius 1 is 0.615 bits per heavy atom. The standard InChI is InChI=1S/C48H65N11O6/c1-3-5-7-17-46(61)56-41-15-11-13-38(54-41)32-58(34-43-49-22-23-50-43)30-36-27-37(29-40(28-36)65-26-10-9-21-53-45(60)19-20-48(63)64)31-59(35-44-51-24-25-52-44)33-39-14-12-16-42(55-39)57-47(62)18-8-6-4-2/h11-16,22-25,27-29H,3-10,17-21,26,30-35H2,1-2H3,(H,49,50)(H,51,52)(H,53,60)(H,63,64)(H,54,56,61)(H,55,57,62). The van der Waals surface area contributed by atoms with E-state index in [9.17, 15) is 19.2 Å². The first kappa shape index (κ1) is 49.6. The number of imidazole rings is 2. The fourth-order valence-corrected chi connectivity index (χ4v) is 7.21. The molecule has 0 aliphatic heterocycles. The van der Waals surface area contributed by atoms with Crippen molar-refractivity contribution in [3.63, 3.8) is 0 Å². The molecule has 0 fully saturated rings. The summed E-state index contributed by atoms with van der Waals surface area (Å²) in [5.74, 6) is 1.94. The number of anilines is 2. The normalized spacial score (nSPS) is 11.2. The second-order valence-electron chi connectivity index (χ2n) is 16.2. The molecule has 348 valence electrons. The van der Waals surface area contributed by atoms with Gasteiger partial charge in [-0.25, -0.2) is 19.9 Å². The van der Waals surface area contributed by atoms with Gasteiger partial charge in [0.2, 0.25) is 17.7 Å². The number of aliphatic carboxylic acids is 1. The number of nitrogens with one attached hydrogen (secondary N) is 5.